The van der Waals surface area contributed by atoms with E-state index in [4.69, 9.17) is 5.73 Å². The summed E-state index contributed by atoms with van der Waals surface area (Å²) in [6, 6.07) is 5.35. The summed E-state index contributed by atoms with van der Waals surface area (Å²) in [4.78, 5) is 0. The molecule has 3 N–H and O–H groups in total. The zero-order chi connectivity index (χ0) is 9.35. The van der Waals surface area contributed by atoms with Crippen LogP contribution < -0.4 is 5.73 Å². The number of anilines is 1. The second-order valence-electron chi connectivity index (χ2n) is 3.99. The molecule has 2 nitrogen and oxygen atoms in total. The Morgan fingerprint density at radius 2 is 1.83 bits per heavy atom. The van der Waals surface area contributed by atoms with Crippen LogP contribution in [0.2, 0.25) is 0 Å². The highest BCUT2D eigenvalue weighted by Gasteiger charge is 2.17. The lowest BCUT2D eigenvalue weighted by molar-refractivity contribution is 0.474. The fourth-order valence-electron chi connectivity index (χ4n) is 1.21. The van der Waals surface area contributed by atoms with E-state index in [2.05, 4.69) is 20.8 Å². The van der Waals surface area contributed by atoms with Gasteiger partial charge in [0.05, 0.1) is 5.69 Å². The Labute approximate surface area is 73.0 Å². The molecule has 0 atom stereocenters. The molecule has 0 heterocycles. The minimum Gasteiger partial charge on any atom is -0.506 e. The molecule has 0 spiro atoms. The highest BCUT2D eigenvalue weighted by molar-refractivity contribution is 5.59. The Hall–Kier alpha value is -1.18. The van der Waals surface area contributed by atoms with E-state index in [0.29, 0.717) is 5.69 Å². The third-order valence-corrected chi connectivity index (χ3v) is 1.89. The summed E-state index contributed by atoms with van der Waals surface area (Å²) < 4.78 is 0. The quantitative estimate of drug-likeness (QED) is 0.457. The molecular formula is C10H15NO. The number of aromatic hydroxyl groups is 1. The van der Waals surface area contributed by atoms with Gasteiger partial charge in [-0.15, -0.1) is 0 Å². The van der Waals surface area contributed by atoms with Crippen molar-refractivity contribution in [1.29, 1.82) is 0 Å². The van der Waals surface area contributed by atoms with Crippen LogP contribution in [0.3, 0.4) is 0 Å². The van der Waals surface area contributed by atoms with Crippen molar-refractivity contribution in [3.8, 4) is 5.75 Å². The van der Waals surface area contributed by atoms with Crippen molar-refractivity contribution in [2.75, 3.05) is 5.73 Å². The first-order chi connectivity index (χ1) is 5.43. The average Bonchev–Trinajstić information content (AvgIpc) is 1.92. The Balaban J connectivity index is 3.26. The molecule has 66 valence electrons. The smallest absolute Gasteiger partial charge is 0.138 e. The number of phenolic OH excluding ortho intramolecular Hbond substituents is 1. The van der Waals surface area contributed by atoms with Crippen molar-refractivity contribution in [3.63, 3.8) is 0 Å². The maximum atomic E-state index is 9.34. The molecule has 1 rings (SSSR count). The van der Waals surface area contributed by atoms with Gasteiger partial charge >= 0.3 is 0 Å². The van der Waals surface area contributed by atoms with Gasteiger partial charge in [0.1, 0.15) is 5.75 Å². The van der Waals surface area contributed by atoms with Crippen LogP contribution in [0.1, 0.15) is 26.3 Å². The van der Waals surface area contributed by atoms with Crippen molar-refractivity contribution >= 4 is 5.69 Å². The molecule has 0 amide bonds. The van der Waals surface area contributed by atoms with Gasteiger partial charge in [-0.2, -0.15) is 0 Å². The molecule has 0 aromatic heterocycles. The third kappa shape index (κ3) is 1.52. The Bertz CT molecular complexity index is 286. The summed E-state index contributed by atoms with van der Waals surface area (Å²) in [5.41, 5.74) is 7.19. The number of hydrogen-bond acceptors (Lipinski definition) is 2. The van der Waals surface area contributed by atoms with E-state index in [-0.39, 0.29) is 11.2 Å². The molecule has 2 heteroatoms. The summed E-state index contributed by atoms with van der Waals surface area (Å²) in [6.45, 7) is 6.20. The van der Waals surface area contributed by atoms with Gasteiger partial charge in [0.15, 0.2) is 0 Å². The van der Waals surface area contributed by atoms with Crippen LogP contribution in [0.5, 0.6) is 5.75 Å². The van der Waals surface area contributed by atoms with Gasteiger partial charge in [-0.3, -0.25) is 0 Å². The van der Waals surface area contributed by atoms with E-state index >= 15 is 0 Å². The zero-order valence-electron chi connectivity index (χ0n) is 7.76. The topological polar surface area (TPSA) is 46.2 Å². The van der Waals surface area contributed by atoms with Crippen LogP contribution in [-0.2, 0) is 5.41 Å². The average molecular weight is 165 g/mol. The van der Waals surface area contributed by atoms with Gasteiger partial charge in [-0.1, -0.05) is 32.9 Å². The molecule has 0 unspecified atom stereocenters. The first-order valence-electron chi connectivity index (χ1n) is 4.01. The number of nitrogen functional groups attached to an aromatic ring is 1. The number of para-hydroxylation sites is 1. The van der Waals surface area contributed by atoms with E-state index < -0.39 is 0 Å². The first-order valence-corrected chi connectivity index (χ1v) is 4.01. The zero-order valence-corrected chi connectivity index (χ0v) is 7.76. The van der Waals surface area contributed by atoms with Crippen molar-refractivity contribution in [1.82, 2.24) is 0 Å². The lowest BCUT2D eigenvalue weighted by Crippen LogP contribution is -2.13. The number of nitrogens with two attached hydrogens (primary N) is 1. The van der Waals surface area contributed by atoms with Crippen LogP contribution in [0, 0.1) is 0 Å². The van der Waals surface area contributed by atoms with Gasteiger partial charge in [0.2, 0.25) is 0 Å². The molecule has 12 heavy (non-hydrogen) atoms. The molecule has 0 aliphatic rings. The Morgan fingerprint density at radius 3 is 2.25 bits per heavy atom. The van der Waals surface area contributed by atoms with Crippen molar-refractivity contribution < 1.29 is 5.11 Å². The molecular weight excluding hydrogens is 150 g/mol. The van der Waals surface area contributed by atoms with Gasteiger partial charge in [0.25, 0.3) is 0 Å². The van der Waals surface area contributed by atoms with E-state index in [1.165, 1.54) is 0 Å². The molecule has 0 saturated carbocycles. The van der Waals surface area contributed by atoms with Gasteiger partial charge in [-0.05, 0) is 17.0 Å². The fourth-order valence-corrected chi connectivity index (χ4v) is 1.21. The predicted molar refractivity (Wildman–Crippen MR) is 51.2 cm³/mol. The highest BCUT2D eigenvalue weighted by Crippen LogP contribution is 2.32. The van der Waals surface area contributed by atoms with Crippen LogP contribution >= 0.6 is 0 Å². The maximum Gasteiger partial charge on any atom is 0.138 e. The molecule has 0 fully saturated rings. The van der Waals surface area contributed by atoms with Gasteiger partial charge in [0, 0.05) is 0 Å². The SMILES string of the molecule is CC(C)(C)c1cccc(O)c1N. The normalized spacial score (nSPS) is 11.6. The predicted octanol–water partition coefficient (Wildman–Crippen LogP) is 2.27. The fraction of sp³-hybridized carbons (Fsp3) is 0.400. The summed E-state index contributed by atoms with van der Waals surface area (Å²) in [5, 5.41) is 9.34. The van der Waals surface area contributed by atoms with E-state index in [0.717, 1.165) is 5.56 Å². The maximum absolute atomic E-state index is 9.34. The van der Waals surface area contributed by atoms with Crippen LogP contribution in [0.15, 0.2) is 18.2 Å². The minimum absolute atomic E-state index is 0.0111. The highest BCUT2D eigenvalue weighted by atomic mass is 16.3. The number of benzene rings is 1. The first kappa shape index (κ1) is 8.91. The van der Waals surface area contributed by atoms with Crippen molar-refractivity contribution in [2.24, 2.45) is 0 Å². The number of phenols is 1. The van der Waals surface area contributed by atoms with Gasteiger partial charge < -0.3 is 10.8 Å². The second-order valence-corrected chi connectivity index (χ2v) is 3.99. The third-order valence-electron chi connectivity index (χ3n) is 1.89. The standard InChI is InChI=1S/C10H15NO/c1-10(2,3)7-5-4-6-8(12)9(7)11/h4-6,12H,11H2,1-3H3. The second kappa shape index (κ2) is 2.70. The number of hydrogen-bond donors (Lipinski definition) is 2. The van der Waals surface area contributed by atoms with E-state index in [1.807, 2.05) is 12.1 Å². The van der Waals surface area contributed by atoms with E-state index in [9.17, 15) is 5.11 Å². The molecule has 0 radical (unpaired) electrons. The van der Waals surface area contributed by atoms with Crippen LogP contribution in [-0.4, -0.2) is 5.11 Å². The van der Waals surface area contributed by atoms with Crippen molar-refractivity contribution in [2.45, 2.75) is 26.2 Å². The lowest BCUT2D eigenvalue weighted by atomic mass is 9.86. The summed E-state index contributed by atoms with van der Waals surface area (Å²) >= 11 is 0. The lowest BCUT2D eigenvalue weighted by Gasteiger charge is -2.21. The monoisotopic (exact) mass is 165 g/mol. The summed E-state index contributed by atoms with van der Waals surface area (Å²) in [7, 11) is 0. The largest absolute Gasteiger partial charge is 0.506 e. The van der Waals surface area contributed by atoms with Crippen LogP contribution in [0.25, 0.3) is 0 Å². The summed E-state index contributed by atoms with van der Waals surface area (Å²) in [5.74, 6) is 0.169. The Kier molecular flexibility index (Phi) is 2.01. The minimum atomic E-state index is -0.0111. The van der Waals surface area contributed by atoms with Crippen LogP contribution in [0.4, 0.5) is 5.69 Å². The van der Waals surface area contributed by atoms with E-state index in [1.54, 1.807) is 6.07 Å². The van der Waals surface area contributed by atoms with Gasteiger partial charge in [-0.25, -0.2) is 0 Å². The van der Waals surface area contributed by atoms with Crippen molar-refractivity contribution in [3.05, 3.63) is 23.8 Å². The molecule has 1 aromatic carbocycles. The molecule has 0 saturated heterocycles. The summed E-state index contributed by atoms with van der Waals surface area (Å²) in [6.07, 6.45) is 0. The number of rotatable bonds is 0. The Morgan fingerprint density at radius 1 is 1.25 bits per heavy atom. The molecule has 0 aliphatic carbocycles. The molecule has 1 aromatic rings. The molecule has 0 bridgehead atoms. The molecule has 0 aliphatic heterocycles.